The van der Waals surface area contributed by atoms with E-state index in [-0.39, 0.29) is 12.3 Å². The summed E-state index contributed by atoms with van der Waals surface area (Å²) in [5, 5.41) is 2.23. The van der Waals surface area contributed by atoms with Crippen LogP contribution in [0.2, 0.25) is 0 Å². The highest BCUT2D eigenvalue weighted by Gasteiger charge is 2.30. The van der Waals surface area contributed by atoms with E-state index < -0.39 is 23.9 Å². The number of alkyl halides is 3. The Kier molecular flexibility index (Phi) is 5.17. The molecule has 0 aromatic heterocycles. The first kappa shape index (κ1) is 15.3. The first-order valence-corrected chi connectivity index (χ1v) is 5.46. The third-order valence-corrected chi connectivity index (χ3v) is 2.15. The first-order chi connectivity index (χ1) is 8.82. The second kappa shape index (κ2) is 6.42. The van der Waals surface area contributed by atoms with Crippen LogP contribution in [-0.4, -0.2) is 25.9 Å². The molecule has 1 aromatic carbocycles. The van der Waals surface area contributed by atoms with Gasteiger partial charge >= 0.3 is 12.3 Å². The normalized spacial score (nSPS) is 12.9. The fourth-order valence-corrected chi connectivity index (χ4v) is 1.37. The van der Waals surface area contributed by atoms with Gasteiger partial charge in [0.25, 0.3) is 0 Å². The monoisotopic (exact) mass is 277 g/mol. The maximum Gasteiger partial charge on any atom is 0.416 e. The second-order valence-corrected chi connectivity index (χ2v) is 3.87. The minimum atomic E-state index is -4.45. The van der Waals surface area contributed by atoms with Crippen LogP contribution in [0.3, 0.4) is 0 Å². The Hall–Kier alpha value is -1.76. The average Bonchev–Trinajstić information content (AvgIpc) is 2.28. The van der Waals surface area contributed by atoms with Crippen molar-refractivity contribution in [2.45, 2.75) is 19.2 Å². The van der Waals surface area contributed by atoms with Gasteiger partial charge in [-0.2, -0.15) is 13.2 Å². The highest BCUT2D eigenvalue weighted by atomic mass is 19.4. The fourth-order valence-electron chi connectivity index (χ4n) is 1.37. The third-order valence-electron chi connectivity index (χ3n) is 2.15. The van der Waals surface area contributed by atoms with E-state index in [1.807, 2.05) is 0 Å². The van der Waals surface area contributed by atoms with Crippen LogP contribution in [0, 0.1) is 0 Å². The molecule has 0 aliphatic carbocycles. The van der Waals surface area contributed by atoms with Crippen molar-refractivity contribution in [2.75, 3.05) is 19.0 Å². The van der Waals surface area contributed by atoms with E-state index in [1.54, 1.807) is 6.92 Å². The Balaban J connectivity index is 2.65. The van der Waals surface area contributed by atoms with Crippen molar-refractivity contribution < 1.29 is 27.4 Å². The Labute approximate surface area is 108 Å². The Morgan fingerprint density at radius 1 is 1.42 bits per heavy atom. The summed E-state index contributed by atoms with van der Waals surface area (Å²) in [6, 6.07) is 4.31. The number of hydrogen-bond donors (Lipinski definition) is 1. The molecular weight excluding hydrogens is 263 g/mol. The van der Waals surface area contributed by atoms with Gasteiger partial charge in [0, 0.05) is 12.8 Å². The van der Waals surface area contributed by atoms with Gasteiger partial charge in [0.2, 0.25) is 0 Å². The first-order valence-electron chi connectivity index (χ1n) is 5.46. The lowest BCUT2D eigenvalue weighted by Crippen LogP contribution is -2.23. The van der Waals surface area contributed by atoms with Crippen LogP contribution in [0.5, 0.6) is 0 Å². The van der Waals surface area contributed by atoms with Crippen molar-refractivity contribution in [3.8, 4) is 0 Å². The molecule has 1 atom stereocenters. The van der Waals surface area contributed by atoms with Crippen molar-refractivity contribution in [1.82, 2.24) is 0 Å². The largest absolute Gasteiger partial charge is 0.444 e. The summed E-state index contributed by atoms with van der Waals surface area (Å²) >= 11 is 0. The van der Waals surface area contributed by atoms with Crippen molar-refractivity contribution in [1.29, 1.82) is 0 Å². The quantitative estimate of drug-likeness (QED) is 0.918. The molecule has 1 unspecified atom stereocenters. The maximum atomic E-state index is 12.5. The van der Waals surface area contributed by atoms with Gasteiger partial charge in [-0.3, -0.25) is 5.32 Å². The summed E-state index contributed by atoms with van der Waals surface area (Å²) in [4.78, 5) is 11.4. The molecule has 0 fully saturated rings. The van der Waals surface area contributed by atoms with Crippen LogP contribution in [0.1, 0.15) is 12.5 Å². The van der Waals surface area contributed by atoms with Gasteiger partial charge in [0.05, 0.1) is 12.2 Å². The molecule has 0 saturated heterocycles. The molecule has 19 heavy (non-hydrogen) atoms. The number of amides is 1. The van der Waals surface area contributed by atoms with Crippen molar-refractivity contribution >= 4 is 11.8 Å². The molecule has 0 aliphatic rings. The van der Waals surface area contributed by atoms with E-state index in [9.17, 15) is 18.0 Å². The fraction of sp³-hybridized carbons (Fsp3) is 0.417. The van der Waals surface area contributed by atoms with E-state index in [2.05, 4.69) is 5.32 Å². The number of methoxy groups -OCH3 is 1. The van der Waals surface area contributed by atoms with Crippen LogP contribution in [0.4, 0.5) is 23.7 Å². The number of carbonyl (C=O) groups excluding carboxylic acids is 1. The molecule has 0 spiro atoms. The molecule has 0 saturated carbocycles. The highest BCUT2D eigenvalue weighted by molar-refractivity contribution is 5.84. The summed E-state index contributed by atoms with van der Waals surface area (Å²) in [5.41, 5.74) is -0.820. The summed E-state index contributed by atoms with van der Waals surface area (Å²) < 4.78 is 47.0. The van der Waals surface area contributed by atoms with E-state index >= 15 is 0 Å². The maximum absolute atomic E-state index is 12.5. The highest BCUT2D eigenvalue weighted by Crippen LogP contribution is 2.30. The molecule has 0 aliphatic heterocycles. The van der Waals surface area contributed by atoms with Crippen LogP contribution in [0.25, 0.3) is 0 Å². The van der Waals surface area contributed by atoms with E-state index in [0.717, 1.165) is 12.1 Å². The average molecular weight is 277 g/mol. The lowest BCUT2D eigenvalue weighted by atomic mass is 10.2. The summed E-state index contributed by atoms with van der Waals surface area (Å²) in [6.45, 7) is 1.81. The Bertz CT molecular complexity index is 434. The number of rotatable bonds is 4. The molecule has 7 heteroatoms. The van der Waals surface area contributed by atoms with Gasteiger partial charge in [-0.25, -0.2) is 4.79 Å². The minimum absolute atomic E-state index is 0.0180. The van der Waals surface area contributed by atoms with Crippen molar-refractivity contribution in [2.24, 2.45) is 0 Å². The van der Waals surface area contributed by atoms with Crippen LogP contribution < -0.4 is 5.32 Å². The number of nitrogens with one attached hydrogen (secondary N) is 1. The molecule has 0 radical (unpaired) electrons. The lowest BCUT2D eigenvalue weighted by Gasteiger charge is -2.13. The zero-order valence-electron chi connectivity index (χ0n) is 10.5. The number of hydrogen-bond acceptors (Lipinski definition) is 3. The predicted molar refractivity (Wildman–Crippen MR) is 62.9 cm³/mol. The molecule has 0 bridgehead atoms. The van der Waals surface area contributed by atoms with Crippen LogP contribution in [-0.2, 0) is 15.7 Å². The van der Waals surface area contributed by atoms with Gasteiger partial charge in [-0.1, -0.05) is 6.07 Å². The number of halogens is 3. The smallest absolute Gasteiger partial charge is 0.416 e. The Morgan fingerprint density at radius 2 is 2.11 bits per heavy atom. The van der Waals surface area contributed by atoms with Crippen molar-refractivity contribution in [3.05, 3.63) is 29.8 Å². The molecule has 1 aromatic rings. The molecular formula is C12H14F3NO3. The van der Waals surface area contributed by atoms with Gasteiger partial charge in [0.1, 0.15) is 6.10 Å². The number of carbonyl (C=O) groups is 1. The molecule has 106 valence electrons. The summed E-state index contributed by atoms with van der Waals surface area (Å²) in [5.74, 6) is 0. The topological polar surface area (TPSA) is 47.6 Å². The minimum Gasteiger partial charge on any atom is -0.444 e. The Morgan fingerprint density at radius 3 is 2.68 bits per heavy atom. The molecule has 0 heterocycles. The number of ether oxygens (including phenoxy) is 2. The van der Waals surface area contributed by atoms with Gasteiger partial charge in [-0.05, 0) is 25.1 Å². The molecule has 4 nitrogen and oxygen atoms in total. The van der Waals surface area contributed by atoms with Gasteiger partial charge < -0.3 is 9.47 Å². The van der Waals surface area contributed by atoms with Crippen LogP contribution in [0.15, 0.2) is 24.3 Å². The number of benzene rings is 1. The standard InChI is InChI=1S/C12H14F3NO3/c1-8(7-18-2)19-11(17)16-10-5-3-4-9(6-10)12(13,14)15/h3-6,8H,7H2,1-2H3,(H,16,17). The zero-order valence-corrected chi connectivity index (χ0v) is 10.5. The molecule has 1 N–H and O–H groups in total. The van der Waals surface area contributed by atoms with E-state index in [4.69, 9.17) is 9.47 Å². The summed E-state index contributed by atoms with van der Waals surface area (Å²) in [7, 11) is 1.45. The SMILES string of the molecule is COCC(C)OC(=O)Nc1cccc(C(F)(F)F)c1. The zero-order chi connectivity index (χ0) is 14.5. The van der Waals surface area contributed by atoms with Gasteiger partial charge in [-0.15, -0.1) is 0 Å². The summed E-state index contributed by atoms with van der Waals surface area (Å²) in [6.07, 6.45) is -5.77. The third kappa shape index (κ3) is 5.17. The molecule has 1 amide bonds. The molecule has 1 rings (SSSR count). The lowest BCUT2D eigenvalue weighted by molar-refractivity contribution is -0.137. The van der Waals surface area contributed by atoms with Crippen molar-refractivity contribution in [3.63, 3.8) is 0 Å². The van der Waals surface area contributed by atoms with Crippen LogP contribution >= 0.6 is 0 Å². The van der Waals surface area contributed by atoms with Gasteiger partial charge in [0.15, 0.2) is 0 Å². The second-order valence-electron chi connectivity index (χ2n) is 3.87. The number of anilines is 1. The van der Waals surface area contributed by atoms with E-state index in [0.29, 0.717) is 0 Å². The van der Waals surface area contributed by atoms with E-state index in [1.165, 1.54) is 19.2 Å². The predicted octanol–water partition coefficient (Wildman–Crippen LogP) is 3.29.